The standard InChI is InChI=1S/C11H8ClNO2S/c1-6-13-9(11(14)15)10(16-6)7-2-4-8(12)5-3-7/h2-5H,1H3,(H,14,15). The molecule has 1 aromatic carbocycles. The van der Waals surface area contributed by atoms with Crippen molar-refractivity contribution in [1.29, 1.82) is 0 Å². The Morgan fingerprint density at radius 2 is 2.00 bits per heavy atom. The van der Waals surface area contributed by atoms with Gasteiger partial charge in [0.2, 0.25) is 0 Å². The number of thiazole rings is 1. The largest absolute Gasteiger partial charge is 0.476 e. The van der Waals surface area contributed by atoms with Crippen molar-refractivity contribution < 1.29 is 9.90 Å². The van der Waals surface area contributed by atoms with Gasteiger partial charge in [-0.05, 0) is 24.6 Å². The SMILES string of the molecule is Cc1nc(C(=O)O)c(-c2ccc(Cl)cc2)s1. The molecular weight excluding hydrogens is 246 g/mol. The Kier molecular flexibility index (Phi) is 2.94. The molecule has 0 atom stereocenters. The van der Waals surface area contributed by atoms with Gasteiger partial charge in [0.15, 0.2) is 5.69 Å². The van der Waals surface area contributed by atoms with Gasteiger partial charge in [0, 0.05) is 5.02 Å². The van der Waals surface area contributed by atoms with Crippen LogP contribution in [0.5, 0.6) is 0 Å². The summed E-state index contributed by atoms with van der Waals surface area (Å²) in [6, 6.07) is 7.05. The zero-order valence-electron chi connectivity index (χ0n) is 8.40. The molecule has 0 amide bonds. The summed E-state index contributed by atoms with van der Waals surface area (Å²) in [5.41, 5.74) is 0.928. The van der Waals surface area contributed by atoms with Crippen molar-refractivity contribution in [2.45, 2.75) is 6.92 Å². The van der Waals surface area contributed by atoms with Crippen LogP contribution in [0.2, 0.25) is 5.02 Å². The van der Waals surface area contributed by atoms with Gasteiger partial charge in [-0.2, -0.15) is 0 Å². The summed E-state index contributed by atoms with van der Waals surface area (Å²) < 4.78 is 0. The van der Waals surface area contributed by atoms with Crippen molar-refractivity contribution in [1.82, 2.24) is 4.98 Å². The summed E-state index contributed by atoms with van der Waals surface area (Å²) in [5, 5.41) is 10.4. The van der Waals surface area contributed by atoms with Gasteiger partial charge in [-0.15, -0.1) is 11.3 Å². The molecule has 0 aliphatic heterocycles. The van der Waals surface area contributed by atoms with Gasteiger partial charge < -0.3 is 5.11 Å². The lowest BCUT2D eigenvalue weighted by molar-refractivity contribution is 0.0692. The Balaban J connectivity index is 2.55. The number of halogens is 1. The molecule has 5 heteroatoms. The van der Waals surface area contributed by atoms with Gasteiger partial charge in [0.05, 0.1) is 9.88 Å². The van der Waals surface area contributed by atoms with Gasteiger partial charge in [0.1, 0.15) is 0 Å². The maximum Gasteiger partial charge on any atom is 0.356 e. The molecule has 3 nitrogen and oxygen atoms in total. The smallest absolute Gasteiger partial charge is 0.356 e. The van der Waals surface area contributed by atoms with Crippen molar-refractivity contribution in [3.63, 3.8) is 0 Å². The lowest BCUT2D eigenvalue weighted by Crippen LogP contribution is -1.98. The van der Waals surface area contributed by atoms with Crippen LogP contribution in [0.4, 0.5) is 0 Å². The molecule has 0 saturated heterocycles. The summed E-state index contributed by atoms with van der Waals surface area (Å²) in [6.45, 7) is 1.79. The number of carboxylic acids is 1. The highest BCUT2D eigenvalue weighted by Gasteiger charge is 2.16. The number of nitrogens with zero attached hydrogens (tertiary/aromatic N) is 1. The van der Waals surface area contributed by atoms with E-state index in [4.69, 9.17) is 16.7 Å². The van der Waals surface area contributed by atoms with Crippen molar-refractivity contribution >= 4 is 28.9 Å². The molecule has 0 radical (unpaired) electrons. The first kappa shape index (κ1) is 11.1. The van der Waals surface area contributed by atoms with E-state index in [9.17, 15) is 4.79 Å². The molecule has 2 rings (SSSR count). The summed E-state index contributed by atoms with van der Waals surface area (Å²) in [4.78, 5) is 15.7. The first-order valence-electron chi connectivity index (χ1n) is 4.54. The summed E-state index contributed by atoms with van der Waals surface area (Å²) in [7, 11) is 0. The van der Waals surface area contributed by atoms with E-state index >= 15 is 0 Å². The molecule has 0 aliphatic carbocycles. The van der Waals surface area contributed by atoms with Crippen LogP contribution in [0.15, 0.2) is 24.3 Å². The number of rotatable bonds is 2. The van der Waals surface area contributed by atoms with E-state index in [0.717, 1.165) is 10.6 Å². The number of hydrogen-bond acceptors (Lipinski definition) is 3. The predicted octanol–water partition coefficient (Wildman–Crippen LogP) is 3.47. The van der Waals surface area contributed by atoms with E-state index in [2.05, 4.69) is 4.98 Å². The molecule has 0 unspecified atom stereocenters. The molecule has 1 aromatic heterocycles. The second kappa shape index (κ2) is 4.23. The fraction of sp³-hybridized carbons (Fsp3) is 0.0909. The number of aromatic carboxylic acids is 1. The Morgan fingerprint density at radius 1 is 1.38 bits per heavy atom. The second-order valence-electron chi connectivity index (χ2n) is 3.22. The third kappa shape index (κ3) is 2.08. The topological polar surface area (TPSA) is 50.2 Å². The molecule has 16 heavy (non-hydrogen) atoms. The molecule has 1 heterocycles. The number of hydrogen-bond donors (Lipinski definition) is 1. The Labute approximate surface area is 101 Å². The normalized spacial score (nSPS) is 10.4. The number of benzene rings is 1. The van der Waals surface area contributed by atoms with E-state index < -0.39 is 5.97 Å². The molecule has 0 spiro atoms. The van der Waals surface area contributed by atoms with Crippen LogP contribution < -0.4 is 0 Å². The minimum absolute atomic E-state index is 0.102. The molecule has 82 valence electrons. The minimum Gasteiger partial charge on any atom is -0.476 e. The maximum absolute atomic E-state index is 11.0. The van der Waals surface area contributed by atoms with E-state index in [0.29, 0.717) is 9.90 Å². The van der Waals surface area contributed by atoms with Crippen LogP contribution in [-0.4, -0.2) is 16.1 Å². The number of carboxylic acid groups (broad SMARTS) is 1. The number of aromatic nitrogens is 1. The lowest BCUT2D eigenvalue weighted by Gasteiger charge is -1.98. The van der Waals surface area contributed by atoms with Crippen LogP contribution >= 0.6 is 22.9 Å². The predicted molar refractivity (Wildman–Crippen MR) is 64.3 cm³/mol. The van der Waals surface area contributed by atoms with Crippen molar-refractivity contribution in [3.05, 3.63) is 40.0 Å². The summed E-state index contributed by atoms with van der Waals surface area (Å²) in [5.74, 6) is -1.01. The zero-order valence-corrected chi connectivity index (χ0v) is 9.97. The fourth-order valence-electron chi connectivity index (χ4n) is 1.37. The molecule has 1 N–H and O–H groups in total. The fourth-order valence-corrected chi connectivity index (χ4v) is 2.41. The second-order valence-corrected chi connectivity index (χ2v) is 4.86. The summed E-state index contributed by atoms with van der Waals surface area (Å²) >= 11 is 7.14. The molecule has 2 aromatic rings. The maximum atomic E-state index is 11.0. The van der Waals surface area contributed by atoms with Gasteiger partial charge >= 0.3 is 5.97 Å². The average molecular weight is 254 g/mol. The zero-order chi connectivity index (χ0) is 11.7. The highest BCUT2D eigenvalue weighted by atomic mass is 35.5. The Hall–Kier alpha value is -1.39. The third-order valence-electron chi connectivity index (χ3n) is 2.04. The van der Waals surface area contributed by atoms with Gasteiger partial charge in [-0.3, -0.25) is 0 Å². The number of aryl methyl sites for hydroxylation is 1. The van der Waals surface area contributed by atoms with E-state index in [-0.39, 0.29) is 5.69 Å². The first-order chi connectivity index (χ1) is 7.58. The monoisotopic (exact) mass is 253 g/mol. The molecule has 0 saturated carbocycles. The molecular formula is C11H8ClNO2S. The Morgan fingerprint density at radius 3 is 2.56 bits per heavy atom. The van der Waals surface area contributed by atoms with E-state index in [1.807, 2.05) is 0 Å². The first-order valence-corrected chi connectivity index (χ1v) is 5.74. The van der Waals surface area contributed by atoms with Crippen molar-refractivity contribution in [2.75, 3.05) is 0 Å². The van der Waals surface area contributed by atoms with Crippen LogP contribution in [0, 0.1) is 6.92 Å². The van der Waals surface area contributed by atoms with Crippen molar-refractivity contribution in [3.8, 4) is 10.4 Å². The minimum atomic E-state index is -1.01. The van der Waals surface area contributed by atoms with E-state index in [1.165, 1.54) is 11.3 Å². The average Bonchev–Trinajstić information content (AvgIpc) is 2.61. The van der Waals surface area contributed by atoms with Crippen LogP contribution in [0.25, 0.3) is 10.4 Å². The third-order valence-corrected chi connectivity index (χ3v) is 3.31. The highest BCUT2D eigenvalue weighted by Crippen LogP contribution is 2.30. The van der Waals surface area contributed by atoms with Gasteiger partial charge in [-0.25, -0.2) is 9.78 Å². The lowest BCUT2D eigenvalue weighted by atomic mass is 10.1. The molecule has 0 aliphatic rings. The quantitative estimate of drug-likeness (QED) is 0.892. The highest BCUT2D eigenvalue weighted by molar-refractivity contribution is 7.15. The Bertz CT molecular complexity index is 533. The molecule has 0 bridgehead atoms. The van der Waals surface area contributed by atoms with Crippen LogP contribution in [-0.2, 0) is 0 Å². The van der Waals surface area contributed by atoms with Crippen LogP contribution in [0.3, 0.4) is 0 Å². The number of carbonyl (C=O) groups is 1. The summed E-state index contributed by atoms with van der Waals surface area (Å²) in [6.07, 6.45) is 0. The van der Waals surface area contributed by atoms with Crippen LogP contribution in [0.1, 0.15) is 15.5 Å². The molecule has 0 fully saturated rings. The van der Waals surface area contributed by atoms with Gasteiger partial charge in [-0.1, -0.05) is 23.7 Å². The van der Waals surface area contributed by atoms with Gasteiger partial charge in [0.25, 0.3) is 0 Å². The van der Waals surface area contributed by atoms with Crippen molar-refractivity contribution in [2.24, 2.45) is 0 Å². The van der Waals surface area contributed by atoms with E-state index in [1.54, 1.807) is 31.2 Å².